The van der Waals surface area contributed by atoms with Crippen LogP contribution in [-0.2, 0) is 9.59 Å². The Bertz CT molecular complexity index is 520. The first-order valence-electron chi connectivity index (χ1n) is 6.11. The highest BCUT2D eigenvalue weighted by molar-refractivity contribution is 6.29. The Labute approximate surface area is 122 Å². The standard InChI is InChI=1S/C15H17ClO4/c1-15(2)8-10(7-11(16)9-15)5-3-4-6-12(13(17)18)14(19)20/h3-7H,8-9H2,1-2H3,(H,17,18)(H,19,20)/b4-3+,10-5+. The number of carboxylic acid groups (broad SMARTS) is 2. The number of carboxylic acids is 2. The fourth-order valence-corrected chi connectivity index (χ4v) is 2.55. The second-order valence-corrected chi connectivity index (χ2v) is 5.91. The first-order valence-corrected chi connectivity index (χ1v) is 6.49. The summed E-state index contributed by atoms with van der Waals surface area (Å²) >= 11 is 6.07. The second-order valence-electron chi connectivity index (χ2n) is 5.43. The number of carbonyl (C=O) groups is 2. The largest absolute Gasteiger partial charge is 0.477 e. The van der Waals surface area contributed by atoms with Crippen LogP contribution in [0.5, 0.6) is 0 Å². The lowest BCUT2D eigenvalue weighted by Crippen LogP contribution is -2.15. The van der Waals surface area contributed by atoms with Gasteiger partial charge in [-0.25, -0.2) is 9.59 Å². The zero-order valence-electron chi connectivity index (χ0n) is 11.4. The topological polar surface area (TPSA) is 74.6 Å². The molecule has 0 aliphatic heterocycles. The van der Waals surface area contributed by atoms with Crippen LogP contribution in [0, 0.1) is 5.41 Å². The average Bonchev–Trinajstić information content (AvgIpc) is 2.24. The zero-order valence-corrected chi connectivity index (χ0v) is 12.1. The van der Waals surface area contributed by atoms with Crippen LogP contribution in [0.2, 0.25) is 0 Å². The smallest absolute Gasteiger partial charge is 0.343 e. The number of aliphatic carboxylic acids is 2. The van der Waals surface area contributed by atoms with Crippen LogP contribution in [0.15, 0.2) is 46.6 Å². The van der Waals surface area contributed by atoms with Crippen molar-refractivity contribution in [2.24, 2.45) is 5.41 Å². The average molecular weight is 297 g/mol. The number of hydrogen-bond donors (Lipinski definition) is 2. The lowest BCUT2D eigenvalue weighted by Gasteiger charge is -2.29. The minimum atomic E-state index is -1.46. The van der Waals surface area contributed by atoms with Crippen molar-refractivity contribution in [2.45, 2.75) is 26.7 Å². The van der Waals surface area contributed by atoms with Gasteiger partial charge in [0.2, 0.25) is 0 Å². The van der Waals surface area contributed by atoms with Crippen LogP contribution < -0.4 is 0 Å². The first-order chi connectivity index (χ1) is 9.21. The van der Waals surface area contributed by atoms with Crippen LogP contribution in [0.3, 0.4) is 0 Å². The van der Waals surface area contributed by atoms with Gasteiger partial charge in [-0.05, 0) is 36.0 Å². The van der Waals surface area contributed by atoms with Crippen molar-refractivity contribution < 1.29 is 19.8 Å². The first kappa shape index (κ1) is 16.2. The summed E-state index contributed by atoms with van der Waals surface area (Å²) in [5, 5.41) is 18.1. The summed E-state index contributed by atoms with van der Waals surface area (Å²) in [6, 6.07) is 0. The molecule has 108 valence electrons. The third-order valence-corrected chi connectivity index (χ3v) is 3.06. The summed E-state index contributed by atoms with van der Waals surface area (Å²) in [5.41, 5.74) is 0.453. The van der Waals surface area contributed by atoms with Gasteiger partial charge in [0.05, 0.1) is 0 Å². The van der Waals surface area contributed by atoms with Crippen molar-refractivity contribution in [3.63, 3.8) is 0 Å². The molecule has 0 fully saturated rings. The fraction of sp³-hybridized carbons (Fsp3) is 0.333. The maximum Gasteiger partial charge on any atom is 0.343 e. The summed E-state index contributed by atoms with van der Waals surface area (Å²) in [6.45, 7) is 4.24. The molecule has 0 heterocycles. The van der Waals surface area contributed by atoms with E-state index in [1.54, 1.807) is 12.2 Å². The Morgan fingerprint density at radius 2 is 1.80 bits per heavy atom. The second kappa shape index (κ2) is 6.57. The van der Waals surface area contributed by atoms with E-state index in [2.05, 4.69) is 13.8 Å². The Kier molecular flexibility index (Phi) is 5.34. The van der Waals surface area contributed by atoms with Crippen LogP contribution >= 0.6 is 11.6 Å². The number of halogens is 1. The van der Waals surface area contributed by atoms with Gasteiger partial charge in [-0.1, -0.05) is 43.7 Å². The third kappa shape index (κ3) is 5.05. The van der Waals surface area contributed by atoms with E-state index in [1.165, 1.54) is 6.08 Å². The molecule has 5 heteroatoms. The van der Waals surface area contributed by atoms with E-state index < -0.39 is 17.5 Å². The van der Waals surface area contributed by atoms with Gasteiger partial charge in [-0.15, -0.1) is 0 Å². The molecule has 0 aromatic rings. The Morgan fingerprint density at radius 3 is 2.30 bits per heavy atom. The zero-order chi connectivity index (χ0) is 15.3. The minimum absolute atomic E-state index is 0.0919. The van der Waals surface area contributed by atoms with Gasteiger partial charge in [-0.3, -0.25) is 0 Å². The number of allylic oxidation sites excluding steroid dienone is 7. The summed E-state index contributed by atoms with van der Waals surface area (Å²) < 4.78 is 0. The fourth-order valence-electron chi connectivity index (χ4n) is 2.05. The van der Waals surface area contributed by atoms with Crippen LogP contribution in [0.25, 0.3) is 0 Å². The molecular formula is C15H17ClO4. The van der Waals surface area contributed by atoms with Crippen LogP contribution in [0.1, 0.15) is 26.7 Å². The van der Waals surface area contributed by atoms with E-state index in [9.17, 15) is 9.59 Å². The van der Waals surface area contributed by atoms with E-state index in [0.717, 1.165) is 29.5 Å². The molecule has 1 aliphatic carbocycles. The molecule has 0 atom stereocenters. The molecule has 0 saturated carbocycles. The van der Waals surface area contributed by atoms with Crippen molar-refractivity contribution in [2.75, 3.05) is 0 Å². The molecule has 0 aromatic carbocycles. The van der Waals surface area contributed by atoms with Crippen molar-refractivity contribution in [3.05, 3.63) is 46.6 Å². The van der Waals surface area contributed by atoms with Gasteiger partial charge in [0, 0.05) is 5.03 Å². The van der Waals surface area contributed by atoms with Crippen molar-refractivity contribution in [1.29, 1.82) is 0 Å². The van der Waals surface area contributed by atoms with E-state index >= 15 is 0 Å². The summed E-state index contributed by atoms with van der Waals surface area (Å²) in [7, 11) is 0. The van der Waals surface area contributed by atoms with Crippen LogP contribution in [-0.4, -0.2) is 22.2 Å². The molecule has 0 radical (unpaired) electrons. The molecule has 0 saturated heterocycles. The quantitative estimate of drug-likeness (QED) is 0.360. The molecule has 0 aromatic heterocycles. The van der Waals surface area contributed by atoms with Crippen molar-refractivity contribution in [1.82, 2.24) is 0 Å². The number of hydrogen-bond acceptors (Lipinski definition) is 2. The highest BCUT2D eigenvalue weighted by atomic mass is 35.5. The Morgan fingerprint density at radius 1 is 1.20 bits per heavy atom. The monoisotopic (exact) mass is 296 g/mol. The molecule has 1 rings (SSSR count). The normalized spacial score (nSPS) is 19.8. The molecule has 4 nitrogen and oxygen atoms in total. The van der Waals surface area contributed by atoms with E-state index in [1.807, 2.05) is 6.08 Å². The lowest BCUT2D eigenvalue weighted by molar-refractivity contribution is -0.140. The summed E-state index contributed by atoms with van der Waals surface area (Å²) in [6.07, 6.45) is 9.45. The molecule has 0 amide bonds. The van der Waals surface area contributed by atoms with Crippen LogP contribution in [0.4, 0.5) is 0 Å². The highest BCUT2D eigenvalue weighted by Crippen LogP contribution is 2.39. The van der Waals surface area contributed by atoms with Gasteiger partial charge < -0.3 is 10.2 Å². The molecule has 1 aliphatic rings. The van der Waals surface area contributed by atoms with E-state index in [0.29, 0.717) is 0 Å². The lowest BCUT2D eigenvalue weighted by atomic mass is 9.78. The van der Waals surface area contributed by atoms with E-state index in [4.69, 9.17) is 21.8 Å². The van der Waals surface area contributed by atoms with Gasteiger partial charge in [0.15, 0.2) is 0 Å². The molecule has 2 N–H and O–H groups in total. The number of rotatable bonds is 4. The van der Waals surface area contributed by atoms with E-state index in [-0.39, 0.29) is 5.41 Å². The summed E-state index contributed by atoms with van der Waals surface area (Å²) in [5.74, 6) is -2.92. The van der Waals surface area contributed by atoms with Gasteiger partial charge >= 0.3 is 11.9 Å². The molecule has 20 heavy (non-hydrogen) atoms. The molecule has 0 bridgehead atoms. The third-order valence-electron chi connectivity index (χ3n) is 2.82. The van der Waals surface area contributed by atoms with Crippen molar-refractivity contribution >= 4 is 23.5 Å². The minimum Gasteiger partial charge on any atom is -0.477 e. The predicted molar refractivity (Wildman–Crippen MR) is 77.5 cm³/mol. The Balaban J connectivity index is 2.84. The van der Waals surface area contributed by atoms with Crippen molar-refractivity contribution in [3.8, 4) is 0 Å². The predicted octanol–water partition coefficient (Wildman–Crippen LogP) is 3.51. The van der Waals surface area contributed by atoms with Gasteiger partial charge in [0.1, 0.15) is 5.57 Å². The van der Waals surface area contributed by atoms with Gasteiger partial charge in [-0.2, -0.15) is 0 Å². The highest BCUT2D eigenvalue weighted by Gasteiger charge is 2.24. The maximum atomic E-state index is 10.6. The Hall–Kier alpha value is -1.81. The molecule has 0 spiro atoms. The SMILES string of the molecule is CC1(C)CC(Cl)=C/C(=C\C=C\C=C(C(=O)O)C(=O)O)C1. The summed E-state index contributed by atoms with van der Waals surface area (Å²) in [4.78, 5) is 21.3. The maximum absolute atomic E-state index is 10.6. The van der Waals surface area contributed by atoms with Gasteiger partial charge in [0.25, 0.3) is 0 Å². The molecular weight excluding hydrogens is 280 g/mol. The molecule has 0 unspecified atom stereocenters.